The van der Waals surface area contributed by atoms with Gasteiger partial charge in [0.25, 0.3) is 5.91 Å². The quantitative estimate of drug-likeness (QED) is 0.826. The van der Waals surface area contributed by atoms with Crippen molar-refractivity contribution in [1.29, 1.82) is 0 Å². The van der Waals surface area contributed by atoms with Crippen molar-refractivity contribution in [3.63, 3.8) is 0 Å². The van der Waals surface area contributed by atoms with Crippen molar-refractivity contribution in [2.24, 2.45) is 0 Å². The standard InChI is InChI=1S/C14H20N2O2/c1-3-10-4-6-11(7-5-10)14(18)16(2)12-8-15-9-13(12)17/h4-7,12-13,15,17H,3,8-9H2,1-2H3/t12-,13-/m1/s1. The van der Waals surface area contributed by atoms with E-state index in [1.54, 1.807) is 11.9 Å². The molecule has 1 aromatic carbocycles. The number of carbonyl (C=O) groups is 1. The number of benzene rings is 1. The average Bonchev–Trinajstić information content (AvgIpc) is 2.83. The van der Waals surface area contributed by atoms with Crippen LogP contribution in [0.3, 0.4) is 0 Å². The summed E-state index contributed by atoms with van der Waals surface area (Å²) in [4.78, 5) is 13.9. The van der Waals surface area contributed by atoms with E-state index in [9.17, 15) is 9.90 Å². The summed E-state index contributed by atoms with van der Waals surface area (Å²) in [6.45, 7) is 3.29. The van der Waals surface area contributed by atoms with Gasteiger partial charge in [-0.3, -0.25) is 4.79 Å². The lowest BCUT2D eigenvalue weighted by molar-refractivity contribution is 0.0581. The number of hydrogen-bond donors (Lipinski definition) is 2. The Kier molecular flexibility index (Phi) is 3.99. The molecule has 2 N–H and O–H groups in total. The van der Waals surface area contributed by atoms with E-state index in [-0.39, 0.29) is 11.9 Å². The summed E-state index contributed by atoms with van der Waals surface area (Å²) in [5.41, 5.74) is 1.89. The van der Waals surface area contributed by atoms with Gasteiger partial charge in [-0.2, -0.15) is 0 Å². The number of hydrogen-bond acceptors (Lipinski definition) is 3. The van der Waals surface area contributed by atoms with Gasteiger partial charge < -0.3 is 15.3 Å². The van der Waals surface area contributed by atoms with Gasteiger partial charge >= 0.3 is 0 Å². The lowest BCUT2D eigenvalue weighted by atomic mass is 10.1. The minimum Gasteiger partial charge on any atom is -0.390 e. The molecule has 0 spiro atoms. The molecule has 0 aliphatic carbocycles. The molecule has 4 heteroatoms. The molecule has 1 aliphatic rings. The molecule has 2 atom stereocenters. The largest absolute Gasteiger partial charge is 0.390 e. The summed E-state index contributed by atoms with van der Waals surface area (Å²) < 4.78 is 0. The van der Waals surface area contributed by atoms with E-state index in [1.807, 2.05) is 24.3 Å². The van der Waals surface area contributed by atoms with Crippen molar-refractivity contribution in [1.82, 2.24) is 10.2 Å². The van der Waals surface area contributed by atoms with Gasteiger partial charge in [0, 0.05) is 25.7 Å². The second-order valence-corrected chi connectivity index (χ2v) is 4.76. The van der Waals surface area contributed by atoms with E-state index >= 15 is 0 Å². The molecule has 0 aromatic heterocycles. The van der Waals surface area contributed by atoms with Crippen LogP contribution in [0.5, 0.6) is 0 Å². The fourth-order valence-corrected chi connectivity index (χ4v) is 2.28. The molecular formula is C14H20N2O2. The fourth-order valence-electron chi connectivity index (χ4n) is 2.28. The van der Waals surface area contributed by atoms with Gasteiger partial charge in [-0.25, -0.2) is 0 Å². The highest BCUT2D eigenvalue weighted by Gasteiger charge is 2.31. The third kappa shape index (κ3) is 2.54. The van der Waals surface area contributed by atoms with E-state index in [4.69, 9.17) is 0 Å². The molecule has 4 nitrogen and oxygen atoms in total. The van der Waals surface area contributed by atoms with Gasteiger partial charge in [-0.15, -0.1) is 0 Å². The van der Waals surface area contributed by atoms with E-state index in [1.165, 1.54) is 5.56 Å². The topological polar surface area (TPSA) is 52.6 Å². The third-order valence-corrected chi connectivity index (χ3v) is 3.58. The predicted octanol–water partition coefficient (Wildman–Crippen LogP) is 0.654. The van der Waals surface area contributed by atoms with Crippen molar-refractivity contribution in [2.45, 2.75) is 25.5 Å². The molecule has 1 fully saturated rings. The number of carbonyl (C=O) groups excluding carboxylic acids is 1. The van der Waals surface area contributed by atoms with Crippen molar-refractivity contribution >= 4 is 5.91 Å². The smallest absolute Gasteiger partial charge is 0.253 e. The first-order chi connectivity index (χ1) is 8.63. The molecule has 1 aliphatic heterocycles. The fraction of sp³-hybridized carbons (Fsp3) is 0.500. The van der Waals surface area contributed by atoms with Crippen LogP contribution in [-0.2, 0) is 6.42 Å². The molecule has 0 unspecified atom stereocenters. The highest BCUT2D eigenvalue weighted by molar-refractivity contribution is 5.94. The minimum atomic E-state index is -0.478. The van der Waals surface area contributed by atoms with Crippen LogP contribution in [0.4, 0.5) is 0 Å². The highest BCUT2D eigenvalue weighted by atomic mass is 16.3. The Balaban J connectivity index is 2.09. The highest BCUT2D eigenvalue weighted by Crippen LogP contribution is 2.13. The maximum Gasteiger partial charge on any atom is 0.253 e. The Bertz CT molecular complexity index is 416. The summed E-state index contributed by atoms with van der Waals surface area (Å²) in [6, 6.07) is 7.52. The second kappa shape index (κ2) is 5.50. The van der Waals surface area contributed by atoms with Crippen LogP contribution in [0.15, 0.2) is 24.3 Å². The van der Waals surface area contributed by atoms with E-state index in [0.29, 0.717) is 18.7 Å². The summed E-state index contributed by atoms with van der Waals surface area (Å²) in [5, 5.41) is 12.9. The number of likely N-dealkylation sites (N-methyl/N-ethyl adjacent to an activating group) is 1. The zero-order chi connectivity index (χ0) is 13.1. The Morgan fingerprint density at radius 1 is 1.39 bits per heavy atom. The molecule has 18 heavy (non-hydrogen) atoms. The van der Waals surface area contributed by atoms with Gasteiger partial charge in [0.05, 0.1) is 12.1 Å². The normalized spacial score (nSPS) is 23.1. The van der Waals surface area contributed by atoms with Gasteiger partial charge in [-0.1, -0.05) is 19.1 Å². The lowest BCUT2D eigenvalue weighted by Crippen LogP contribution is -2.44. The van der Waals surface area contributed by atoms with Gasteiger partial charge in [0.2, 0.25) is 0 Å². The van der Waals surface area contributed by atoms with E-state index in [2.05, 4.69) is 12.2 Å². The van der Waals surface area contributed by atoms with Gasteiger partial charge in [0.15, 0.2) is 0 Å². The maximum atomic E-state index is 12.3. The summed E-state index contributed by atoms with van der Waals surface area (Å²) in [5.74, 6) is -0.0367. The number of β-amino-alcohol motifs (C(OH)–C–C–N with tert-alkyl or cyclic N) is 1. The minimum absolute atomic E-state index is 0.0367. The van der Waals surface area contributed by atoms with Crippen LogP contribution in [0.25, 0.3) is 0 Å². The van der Waals surface area contributed by atoms with Gasteiger partial charge in [0.1, 0.15) is 0 Å². The van der Waals surface area contributed by atoms with Crippen LogP contribution in [0.2, 0.25) is 0 Å². The van der Waals surface area contributed by atoms with Gasteiger partial charge in [-0.05, 0) is 24.1 Å². The SMILES string of the molecule is CCc1ccc(C(=O)N(C)[C@@H]2CNC[C@H]2O)cc1. The van der Waals surface area contributed by atoms with Crippen LogP contribution >= 0.6 is 0 Å². The molecule has 1 heterocycles. The monoisotopic (exact) mass is 248 g/mol. The number of nitrogens with one attached hydrogen (secondary N) is 1. The summed E-state index contributed by atoms with van der Waals surface area (Å²) >= 11 is 0. The van der Waals surface area contributed by atoms with Crippen molar-refractivity contribution in [3.05, 3.63) is 35.4 Å². The Hall–Kier alpha value is -1.39. The van der Waals surface area contributed by atoms with E-state index < -0.39 is 6.10 Å². The first kappa shape index (κ1) is 13.1. The Morgan fingerprint density at radius 2 is 2.06 bits per heavy atom. The average molecular weight is 248 g/mol. The number of amides is 1. The molecule has 0 radical (unpaired) electrons. The van der Waals surface area contributed by atoms with Crippen LogP contribution in [0.1, 0.15) is 22.8 Å². The van der Waals surface area contributed by atoms with Crippen LogP contribution in [0, 0.1) is 0 Å². The maximum absolute atomic E-state index is 12.3. The van der Waals surface area contributed by atoms with Crippen LogP contribution in [-0.4, -0.2) is 48.2 Å². The number of rotatable bonds is 3. The molecule has 1 amide bonds. The molecule has 1 saturated heterocycles. The van der Waals surface area contributed by atoms with Crippen molar-refractivity contribution < 1.29 is 9.90 Å². The Morgan fingerprint density at radius 3 is 2.56 bits per heavy atom. The molecular weight excluding hydrogens is 228 g/mol. The molecule has 0 saturated carbocycles. The summed E-state index contributed by atoms with van der Waals surface area (Å²) in [6.07, 6.45) is 0.490. The third-order valence-electron chi connectivity index (χ3n) is 3.58. The molecule has 1 aromatic rings. The number of aliphatic hydroxyl groups excluding tert-OH is 1. The number of aliphatic hydroxyl groups is 1. The first-order valence-corrected chi connectivity index (χ1v) is 6.38. The van der Waals surface area contributed by atoms with Crippen molar-refractivity contribution in [2.75, 3.05) is 20.1 Å². The zero-order valence-electron chi connectivity index (χ0n) is 10.9. The molecule has 2 rings (SSSR count). The van der Waals surface area contributed by atoms with Crippen LogP contribution < -0.4 is 5.32 Å². The second-order valence-electron chi connectivity index (χ2n) is 4.76. The molecule has 0 bridgehead atoms. The van der Waals surface area contributed by atoms with Crippen molar-refractivity contribution in [3.8, 4) is 0 Å². The number of aryl methyl sites for hydroxylation is 1. The summed E-state index contributed by atoms with van der Waals surface area (Å²) in [7, 11) is 1.75. The Labute approximate surface area is 108 Å². The lowest BCUT2D eigenvalue weighted by Gasteiger charge is -2.26. The first-order valence-electron chi connectivity index (χ1n) is 6.38. The zero-order valence-corrected chi connectivity index (χ0v) is 10.9. The number of nitrogens with zero attached hydrogens (tertiary/aromatic N) is 1. The molecule has 98 valence electrons. The predicted molar refractivity (Wildman–Crippen MR) is 70.6 cm³/mol. The van der Waals surface area contributed by atoms with E-state index in [0.717, 1.165) is 6.42 Å².